The number of sulfonamides is 1. The molecule has 9 heteroatoms. The van der Waals surface area contributed by atoms with Crippen molar-refractivity contribution < 1.29 is 18.0 Å². The lowest BCUT2D eigenvalue weighted by atomic mass is 9.63. The number of benzene rings is 1. The molecule has 2 amide bonds. The van der Waals surface area contributed by atoms with E-state index in [2.05, 4.69) is 36.4 Å². The highest BCUT2D eigenvalue weighted by Crippen LogP contribution is 2.46. The van der Waals surface area contributed by atoms with Crippen molar-refractivity contribution in [3.63, 3.8) is 0 Å². The summed E-state index contributed by atoms with van der Waals surface area (Å²) in [5, 5.41) is 10.6. The van der Waals surface area contributed by atoms with E-state index >= 15 is 0 Å². The lowest BCUT2D eigenvalue weighted by molar-refractivity contribution is 0.0855. The Morgan fingerprint density at radius 2 is 1.89 bits per heavy atom. The quantitative estimate of drug-likeness (QED) is 0.522. The first-order valence-electron chi connectivity index (χ1n) is 8.67. The highest BCUT2D eigenvalue weighted by Gasteiger charge is 2.41. The highest BCUT2D eigenvalue weighted by atomic mass is 32.2. The molecule has 1 aliphatic carbocycles. The second kappa shape index (κ2) is 7.80. The lowest BCUT2D eigenvalue weighted by Crippen LogP contribution is -2.45. The van der Waals surface area contributed by atoms with Crippen LogP contribution in [0.2, 0.25) is 0 Å². The van der Waals surface area contributed by atoms with Gasteiger partial charge in [-0.3, -0.25) is 0 Å². The van der Waals surface area contributed by atoms with Gasteiger partial charge in [0.15, 0.2) is 0 Å². The second-order valence-electron chi connectivity index (χ2n) is 8.31. The summed E-state index contributed by atoms with van der Waals surface area (Å²) in [6.45, 7) is 6.76. The van der Waals surface area contributed by atoms with Gasteiger partial charge in [-0.05, 0) is 54.4 Å². The van der Waals surface area contributed by atoms with E-state index in [0.717, 1.165) is 12.8 Å². The van der Waals surface area contributed by atoms with Crippen LogP contribution >= 0.6 is 0 Å². The summed E-state index contributed by atoms with van der Waals surface area (Å²) in [5.41, 5.74) is 0.277. The van der Waals surface area contributed by atoms with Crippen molar-refractivity contribution in [3.8, 4) is 0 Å². The van der Waals surface area contributed by atoms with E-state index in [1.165, 1.54) is 24.3 Å². The summed E-state index contributed by atoms with van der Waals surface area (Å²) in [7, 11) is -3.77. The number of carbonyl (C=O) groups is 1. The maximum absolute atomic E-state index is 12.2. The van der Waals surface area contributed by atoms with E-state index in [9.17, 15) is 18.0 Å². The van der Waals surface area contributed by atoms with Crippen molar-refractivity contribution in [1.82, 2.24) is 5.32 Å². The van der Waals surface area contributed by atoms with Crippen molar-refractivity contribution in [1.29, 1.82) is 0 Å². The van der Waals surface area contributed by atoms with Gasteiger partial charge >= 0.3 is 6.03 Å². The zero-order chi connectivity index (χ0) is 20.3. The molecule has 1 saturated carbocycles. The largest absolute Gasteiger partial charge is 0.337 e. The van der Waals surface area contributed by atoms with Gasteiger partial charge in [0.2, 0.25) is 16.1 Å². The van der Waals surface area contributed by atoms with Crippen LogP contribution in [0.5, 0.6) is 0 Å². The molecule has 0 spiro atoms. The van der Waals surface area contributed by atoms with Gasteiger partial charge < -0.3 is 10.6 Å². The van der Waals surface area contributed by atoms with Crippen LogP contribution < -0.4 is 15.8 Å². The van der Waals surface area contributed by atoms with Gasteiger partial charge in [0.1, 0.15) is 0 Å². The van der Waals surface area contributed by atoms with Gasteiger partial charge in [-0.2, -0.15) is 0 Å². The standard InChI is InChI=1S/C18H26N4O4S/c1-17(2)8-14(21-12-23)9-18(3,10-17)11-20-16(24)22-13-4-6-15(7-5-13)27(19,25)26/h4-7,14H,8-11H2,1-3H3,(H2,19,25,26)(H2,20,22,24). The first kappa shape index (κ1) is 21.1. The summed E-state index contributed by atoms with van der Waals surface area (Å²) >= 11 is 0. The van der Waals surface area contributed by atoms with Gasteiger partial charge in [0.05, 0.1) is 10.9 Å². The number of isocyanates is 1. The summed E-state index contributed by atoms with van der Waals surface area (Å²) in [5.74, 6) is 0. The second-order valence-corrected chi connectivity index (χ2v) is 9.87. The number of nitrogens with one attached hydrogen (secondary N) is 2. The van der Waals surface area contributed by atoms with E-state index < -0.39 is 16.1 Å². The average molecular weight is 394 g/mol. The van der Waals surface area contributed by atoms with Crippen molar-refractivity contribution >= 4 is 27.8 Å². The molecule has 0 saturated heterocycles. The fourth-order valence-corrected chi connectivity index (χ4v) is 4.59. The van der Waals surface area contributed by atoms with Crippen LogP contribution in [0.1, 0.15) is 40.0 Å². The zero-order valence-electron chi connectivity index (χ0n) is 15.8. The van der Waals surface area contributed by atoms with Crippen molar-refractivity contribution in [3.05, 3.63) is 24.3 Å². The monoisotopic (exact) mass is 394 g/mol. The number of hydrogen-bond acceptors (Lipinski definition) is 5. The number of amides is 2. The van der Waals surface area contributed by atoms with E-state index in [-0.39, 0.29) is 21.8 Å². The zero-order valence-corrected chi connectivity index (χ0v) is 16.6. The molecule has 0 aromatic heterocycles. The predicted molar refractivity (Wildman–Crippen MR) is 102 cm³/mol. The molecule has 0 bridgehead atoms. The minimum Gasteiger partial charge on any atom is -0.337 e. The number of nitrogens with two attached hydrogens (primary N) is 1. The van der Waals surface area contributed by atoms with Crippen LogP contribution in [0.15, 0.2) is 34.2 Å². The molecule has 27 heavy (non-hydrogen) atoms. The molecular formula is C18H26N4O4S. The first-order valence-corrected chi connectivity index (χ1v) is 10.2. The van der Waals surface area contributed by atoms with Crippen molar-refractivity contribution in [2.24, 2.45) is 21.0 Å². The van der Waals surface area contributed by atoms with Crippen LogP contribution in [-0.2, 0) is 14.8 Å². The molecular weight excluding hydrogens is 368 g/mol. The molecule has 0 aliphatic heterocycles. The first-order chi connectivity index (χ1) is 12.4. The number of hydrogen-bond donors (Lipinski definition) is 3. The lowest BCUT2D eigenvalue weighted by Gasteiger charge is -2.45. The molecule has 0 radical (unpaired) electrons. The SMILES string of the molecule is CC1(C)CC(N=C=O)CC(C)(CNC(=O)Nc2ccc(S(N)(=O)=O)cc2)C1. The third-order valence-corrected chi connectivity index (χ3v) is 5.70. The fraction of sp³-hybridized carbons (Fsp3) is 0.556. The minimum absolute atomic E-state index is 0.0136. The van der Waals surface area contributed by atoms with Crippen LogP contribution in [0, 0.1) is 10.8 Å². The van der Waals surface area contributed by atoms with E-state index in [4.69, 9.17) is 5.14 Å². The number of nitrogens with zero attached hydrogens (tertiary/aromatic N) is 1. The Bertz CT molecular complexity index is 845. The maximum Gasteiger partial charge on any atom is 0.319 e. The van der Waals surface area contributed by atoms with Gasteiger partial charge in [0.25, 0.3) is 0 Å². The molecule has 1 fully saturated rings. The Morgan fingerprint density at radius 1 is 1.26 bits per heavy atom. The Kier molecular flexibility index (Phi) is 6.09. The van der Waals surface area contributed by atoms with Gasteiger partial charge in [0, 0.05) is 12.2 Å². The summed E-state index contributed by atoms with van der Waals surface area (Å²) < 4.78 is 22.5. The molecule has 2 rings (SSSR count). The number of rotatable bonds is 5. The molecule has 0 heterocycles. The normalized spacial score (nSPS) is 24.5. The van der Waals surface area contributed by atoms with Crippen LogP contribution in [-0.4, -0.2) is 33.1 Å². The highest BCUT2D eigenvalue weighted by molar-refractivity contribution is 7.89. The molecule has 1 aromatic carbocycles. The fourth-order valence-electron chi connectivity index (χ4n) is 4.08. The topological polar surface area (TPSA) is 131 Å². The summed E-state index contributed by atoms with van der Waals surface area (Å²) in [6, 6.07) is 5.12. The Morgan fingerprint density at radius 3 is 2.44 bits per heavy atom. The molecule has 4 N–H and O–H groups in total. The molecule has 8 nitrogen and oxygen atoms in total. The van der Waals surface area contributed by atoms with Crippen LogP contribution in [0.3, 0.4) is 0 Å². The average Bonchev–Trinajstić information content (AvgIpc) is 2.51. The molecule has 148 valence electrons. The van der Waals surface area contributed by atoms with Crippen LogP contribution in [0.4, 0.5) is 10.5 Å². The van der Waals surface area contributed by atoms with Crippen molar-refractivity contribution in [2.45, 2.75) is 51.0 Å². The Balaban J connectivity index is 1.96. The smallest absolute Gasteiger partial charge is 0.319 e. The Hall–Kier alpha value is -2.22. The molecule has 2 unspecified atom stereocenters. The molecule has 1 aliphatic rings. The van der Waals surface area contributed by atoms with Gasteiger partial charge in [-0.25, -0.2) is 28.1 Å². The van der Waals surface area contributed by atoms with Gasteiger partial charge in [-0.1, -0.05) is 20.8 Å². The summed E-state index contributed by atoms with van der Waals surface area (Å²) in [4.78, 5) is 26.7. The number of primary sulfonamides is 1. The van der Waals surface area contributed by atoms with Crippen LogP contribution in [0.25, 0.3) is 0 Å². The van der Waals surface area contributed by atoms with E-state index in [0.29, 0.717) is 18.7 Å². The number of carbonyl (C=O) groups excluding carboxylic acids is 2. The van der Waals surface area contributed by atoms with Crippen molar-refractivity contribution in [2.75, 3.05) is 11.9 Å². The Labute approximate surface area is 159 Å². The van der Waals surface area contributed by atoms with Gasteiger partial charge in [-0.15, -0.1) is 0 Å². The number of aliphatic imine (C=N–C) groups is 1. The molecule has 2 atom stereocenters. The van der Waals surface area contributed by atoms with E-state index in [1.807, 2.05) is 0 Å². The predicted octanol–water partition coefficient (Wildman–Crippen LogP) is 2.38. The summed E-state index contributed by atoms with van der Waals surface area (Å²) in [6.07, 6.45) is 4.07. The van der Waals surface area contributed by atoms with E-state index in [1.54, 1.807) is 6.08 Å². The number of urea groups is 1. The maximum atomic E-state index is 12.2. The third kappa shape index (κ3) is 6.16. The third-order valence-electron chi connectivity index (χ3n) is 4.77. The molecule has 1 aromatic rings. The minimum atomic E-state index is -3.77. The number of anilines is 1.